The molecule has 1 saturated heterocycles. The lowest BCUT2D eigenvalue weighted by atomic mass is 10.2. The maximum atomic E-state index is 13.5. The summed E-state index contributed by atoms with van der Waals surface area (Å²) >= 11 is 0. The first-order valence-corrected chi connectivity index (χ1v) is 10.1. The van der Waals surface area contributed by atoms with Gasteiger partial charge in [-0.1, -0.05) is 0 Å². The number of imidazole rings is 1. The number of aromatic amines is 1. The second kappa shape index (κ2) is 8.27. The van der Waals surface area contributed by atoms with Crippen LogP contribution >= 0.6 is 0 Å². The topological polar surface area (TPSA) is 122 Å². The molecule has 11 nitrogen and oxygen atoms in total. The van der Waals surface area contributed by atoms with Crippen molar-refractivity contribution in [3.8, 4) is 11.4 Å². The second-order valence-corrected chi connectivity index (χ2v) is 7.38. The molecular weight excluding hydrogens is 441 g/mol. The third kappa shape index (κ3) is 4.28. The van der Waals surface area contributed by atoms with Crippen LogP contribution in [-0.2, 0) is 17.5 Å². The van der Waals surface area contributed by atoms with Crippen molar-refractivity contribution in [3.05, 3.63) is 41.7 Å². The highest BCUT2D eigenvalue weighted by molar-refractivity contribution is 5.64. The summed E-state index contributed by atoms with van der Waals surface area (Å²) in [5, 5.41) is 14.1. The number of nitrogens with one attached hydrogen (secondary N) is 2. The van der Waals surface area contributed by atoms with Gasteiger partial charge in [-0.25, -0.2) is 14.5 Å². The van der Waals surface area contributed by atoms with Gasteiger partial charge in [-0.3, -0.25) is 10.1 Å². The SMILES string of the molecule is Cc1ccc(-c2n[nH]c(CNc3nc(N4CCOCC4)nn4c(C(F)(F)F)cnc34)n2)cn1. The molecule has 5 heterocycles. The molecule has 0 atom stereocenters. The molecule has 0 spiro atoms. The van der Waals surface area contributed by atoms with Gasteiger partial charge in [0.1, 0.15) is 5.82 Å². The molecule has 0 bridgehead atoms. The number of nitrogens with zero attached hydrogens (tertiary/aromatic N) is 8. The van der Waals surface area contributed by atoms with Crippen molar-refractivity contribution >= 4 is 17.4 Å². The summed E-state index contributed by atoms with van der Waals surface area (Å²) in [6, 6.07) is 3.71. The number of aryl methyl sites for hydroxylation is 1. The summed E-state index contributed by atoms with van der Waals surface area (Å²) in [6.07, 6.45) is -2.20. The fourth-order valence-electron chi connectivity index (χ4n) is 3.35. The summed E-state index contributed by atoms with van der Waals surface area (Å²) < 4.78 is 46.6. The predicted molar refractivity (Wildman–Crippen MR) is 110 cm³/mol. The number of ether oxygens (including phenoxy) is 1. The quantitative estimate of drug-likeness (QED) is 0.461. The van der Waals surface area contributed by atoms with Gasteiger partial charge in [0.05, 0.1) is 26.0 Å². The van der Waals surface area contributed by atoms with Gasteiger partial charge in [0.15, 0.2) is 23.0 Å². The average molecular weight is 460 g/mol. The van der Waals surface area contributed by atoms with Crippen molar-refractivity contribution < 1.29 is 17.9 Å². The highest BCUT2D eigenvalue weighted by Gasteiger charge is 2.36. The molecule has 1 fully saturated rings. The van der Waals surface area contributed by atoms with Gasteiger partial charge in [-0.15, -0.1) is 5.10 Å². The number of morpholine rings is 1. The minimum atomic E-state index is -4.62. The van der Waals surface area contributed by atoms with E-state index >= 15 is 0 Å². The van der Waals surface area contributed by atoms with Gasteiger partial charge in [0.25, 0.3) is 0 Å². The molecule has 1 aliphatic heterocycles. The Morgan fingerprint density at radius 2 is 1.94 bits per heavy atom. The van der Waals surface area contributed by atoms with Gasteiger partial charge in [0.2, 0.25) is 5.95 Å². The van der Waals surface area contributed by atoms with E-state index in [1.165, 1.54) is 0 Å². The predicted octanol–water partition coefficient (Wildman–Crippen LogP) is 2.08. The number of rotatable bonds is 5. The number of H-pyrrole nitrogens is 1. The molecule has 4 aromatic heterocycles. The third-order valence-electron chi connectivity index (χ3n) is 5.06. The van der Waals surface area contributed by atoms with Gasteiger partial charge in [-0.2, -0.15) is 23.3 Å². The Bertz CT molecular complexity index is 1260. The Balaban J connectivity index is 1.44. The summed E-state index contributed by atoms with van der Waals surface area (Å²) in [6.45, 7) is 3.83. The molecule has 0 amide bonds. The molecule has 0 aromatic carbocycles. The van der Waals surface area contributed by atoms with E-state index in [1.54, 1.807) is 11.1 Å². The highest BCUT2D eigenvalue weighted by atomic mass is 19.4. The molecule has 172 valence electrons. The molecule has 5 rings (SSSR count). The molecule has 1 aliphatic rings. The van der Waals surface area contributed by atoms with Crippen LogP contribution in [-0.4, -0.2) is 66.1 Å². The molecular formula is C19H19F3N10O. The van der Waals surface area contributed by atoms with E-state index in [9.17, 15) is 13.2 Å². The van der Waals surface area contributed by atoms with Crippen molar-refractivity contribution in [3.63, 3.8) is 0 Å². The number of hydrogen-bond donors (Lipinski definition) is 2. The molecule has 0 saturated carbocycles. The van der Waals surface area contributed by atoms with Crippen molar-refractivity contribution in [2.45, 2.75) is 19.6 Å². The monoisotopic (exact) mass is 460 g/mol. The van der Waals surface area contributed by atoms with E-state index in [0.29, 0.717) is 38.0 Å². The average Bonchev–Trinajstić information content (AvgIpc) is 3.46. The molecule has 0 radical (unpaired) electrons. The maximum absolute atomic E-state index is 13.5. The van der Waals surface area contributed by atoms with E-state index in [-0.39, 0.29) is 24.0 Å². The standard InChI is InChI=1S/C19H19F3N10O/c1-11-2-3-12(8-23-11)15-26-14(28-29-15)10-24-16-17-25-9-13(19(20,21)22)32(17)30-18(27-16)31-4-6-33-7-5-31/h2-3,8-9H,4-7,10H2,1H3,(H,24,27,30)(H,26,28,29). The van der Waals surface area contributed by atoms with Crippen LogP contribution in [0.3, 0.4) is 0 Å². The van der Waals surface area contributed by atoms with Crippen LogP contribution in [0, 0.1) is 6.92 Å². The van der Waals surface area contributed by atoms with Gasteiger partial charge >= 0.3 is 6.18 Å². The molecule has 2 N–H and O–H groups in total. The lowest BCUT2D eigenvalue weighted by Crippen LogP contribution is -2.38. The largest absolute Gasteiger partial charge is 0.435 e. The molecule has 0 aliphatic carbocycles. The van der Waals surface area contributed by atoms with Crippen LogP contribution in [0.5, 0.6) is 0 Å². The normalized spacial score (nSPS) is 14.7. The number of aromatic nitrogens is 8. The Morgan fingerprint density at radius 3 is 2.67 bits per heavy atom. The van der Waals surface area contributed by atoms with Crippen molar-refractivity contribution in [1.82, 2.24) is 39.7 Å². The smallest absolute Gasteiger partial charge is 0.378 e. The van der Waals surface area contributed by atoms with E-state index in [4.69, 9.17) is 4.74 Å². The van der Waals surface area contributed by atoms with Crippen LogP contribution in [0.4, 0.5) is 24.9 Å². The van der Waals surface area contributed by atoms with Crippen LogP contribution < -0.4 is 10.2 Å². The molecule has 0 unspecified atom stereocenters. The number of pyridine rings is 1. The summed E-state index contributed by atoms with van der Waals surface area (Å²) in [7, 11) is 0. The summed E-state index contributed by atoms with van der Waals surface area (Å²) in [5.74, 6) is 1.23. The van der Waals surface area contributed by atoms with E-state index in [0.717, 1.165) is 22.0 Å². The Kier molecular flexibility index (Phi) is 5.28. The van der Waals surface area contributed by atoms with Gasteiger partial charge < -0.3 is 15.0 Å². The zero-order chi connectivity index (χ0) is 23.0. The summed E-state index contributed by atoms with van der Waals surface area (Å²) in [5.41, 5.74) is 0.594. The summed E-state index contributed by atoms with van der Waals surface area (Å²) in [4.78, 5) is 18.7. The highest BCUT2D eigenvalue weighted by Crippen LogP contribution is 2.31. The van der Waals surface area contributed by atoms with Crippen molar-refractivity contribution in [1.29, 1.82) is 0 Å². The number of halogens is 3. The zero-order valence-corrected chi connectivity index (χ0v) is 17.5. The maximum Gasteiger partial charge on any atom is 0.435 e. The first-order chi connectivity index (χ1) is 15.9. The van der Waals surface area contributed by atoms with Crippen molar-refractivity contribution in [2.75, 3.05) is 36.5 Å². The molecule has 14 heteroatoms. The zero-order valence-electron chi connectivity index (χ0n) is 17.5. The van der Waals surface area contributed by atoms with Crippen LogP contribution in [0.15, 0.2) is 24.5 Å². The number of fused-ring (bicyclic) bond motifs is 1. The van der Waals surface area contributed by atoms with Crippen LogP contribution in [0.25, 0.3) is 17.0 Å². The first kappa shape index (κ1) is 21.1. The van der Waals surface area contributed by atoms with E-state index in [2.05, 4.69) is 40.5 Å². The first-order valence-electron chi connectivity index (χ1n) is 10.1. The number of anilines is 2. The Morgan fingerprint density at radius 1 is 1.12 bits per heavy atom. The number of hydrogen-bond acceptors (Lipinski definition) is 9. The minimum absolute atomic E-state index is 0.0400. The Labute approximate surface area is 185 Å². The van der Waals surface area contributed by atoms with Crippen LogP contribution in [0.2, 0.25) is 0 Å². The van der Waals surface area contributed by atoms with Crippen LogP contribution in [0.1, 0.15) is 17.2 Å². The van der Waals surface area contributed by atoms with Crippen molar-refractivity contribution in [2.24, 2.45) is 0 Å². The minimum Gasteiger partial charge on any atom is -0.378 e. The third-order valence-corrected chi connectivity index (χ3v) is 5.06. The second-order valence-electron chi connectivity index (χ2n) is 7.38. The number of alkyl halides is 3. The van der Waals surface area contributed by atoms with E-state index in [1.807, 2.05) is 19.1 Å². The fourth-order valence-corrected chi connectivity index (χ4v) is 3.35. The van der Waals surface area contributed by atoms with Gasteiger partial charge in [-0.05, 0) is 19.1 Å². The Hall–Kier alpha value is -3.81. The lowest BCUT2D eigenvalue weighted by molar-refractivity contribution is -0.142. The molecule has 33 heavy (non-hydrogen) atoms. The lowest BCUT2D eigenvalue weighted by Gasteiger charge is -2.27. The fraction of sp³-hybridized carbons (Fsp3) is 0.368. The molecule has 4 aromatic rings. The van der Waals surface area contributed by atoms with Gasteiger partial charge in [0, 0.05) is 30.5 Å². The van der Waals surface area contributed by atoms with E-state index < -0.39 is 11.9 Å².